The Morgan fingerprint density at radius 1 is 0.944 bits per heavy atom. The van der Waals surface area contributed by atoms with Gasteiger partial charge in [0.25, 0.3) is 5.91 Å². The number of aromatic nitrogens is 2. The highest BCUT2D eigenvalue weighted by molar-refractivity contribution is 5.94. The van der Waals surface area contributed by atoms with E-state index in [9.17, 15) is 9.59 Å². The molecule has 0 aliphatic carbocycles. The van der Waals surface area contributed by atoms with E-state index in [1.54, 1.807) is 0 Å². The van der Waals surface area contributed by atoms with Crippen molar-refractivity contribution >= 4 is 11.8 Å². The van der Waals surface area contributed by atoms with Crippen molar-refractivity contribution in [1.82, 2.24) is 24.5 Å². The first-order chi connectivity index (χ1) is 17.6. The minimum Gasteiger partial charge on any atom is -0.379 e. The molecular weight excluding hydrogens is 458 g/mol. The Bertz CT molecular complexity index is 1040. The van der Waals surface area contributed by atoms with E-state index in [-0.39, 0.29) is 17.9 Å². The molecule has 0 N–H and O–H groups in total. The fourth-order valence-electron chi connectivity index (χ4n) is 5.41. The summed E-state index contributed by atoms with van der Waals surface area (Å²) in [5.74, 6) is 0.0658. The summed E-state index contributed by atoms with van der Waals surface area (Å²) >= 11 is 0. The van der Waals surface area contributed by atoms with Crippen LogP contribution in [0.5, 0.6) is 0 Å². The number of hydrogen-bond acceptors (Lipinski definition) is 6. The predicted octanol–water partition coefficient (Wildman–Crippen LogP) is 1.59. The number of benzene rings is 1. The Balaban J connectivity index is 1.34. The van der Waals surface area contributed by atoms with Crippen LogP contribution in [0, 0.1) is 0 Å². The lowest BCUT2D eigenvalue weighted by Crippen LogP contribution is -2.52. The minimum atomic E-state index is -0.199. The van der Waals surface area contributed by atoms with E-state index in [0.29, 0.717) is 64.7 Å². The first-order valence-corrected chi connectivity index (χ1v) is 13.2. The predicted molar refractivity (Wildman–Crippen MR) is 135 cm³/mol. The van der Waals surface area contributed by atoms with Gasteiger partial charge in [0.05, 0.1) is 32.5 Å². The Kier molecular flexibility index (Phi) is 7.99. The van der Waals surface area contributed by atoms with Gasteiger partial charge in [-0.2, -0.15) is 5.10 Å². The van der Waals surface area contributed by atoms with Crippen LogP contribution < -0.4 is 0 Å². The number of aryl methyl sites for hydroxylation is 2. The molecule has 4 heterocycles. The molecule has 3 aliphatic rings. The normalized spacial score (nSPS) is 19.7. The molecule has 2 saturated heterocycles. The molecule has 1 aromatic heterocycles. The SMILES string of the molecule is C[C@H](C(=O)N1CCc2c(c(C(=O)N3CCOCC3)nn2CCCc2ccccc2)C1)N1CCOCC1. The van der Waals surface area contributed by atoms with Crippen molar-refractivity contribution in [3.8, 4) is 0 Å². The summed E-state index contributed by atoms with van der Waals surface area (Å²) < 4.78 is 12.9. The number of carbonyl (C=O) groups excluding carboxylic acids is 2. The zero-order chi connectivity index (χ0) is 24.9. The van der Waals surface area contributed by atoms with Gasteiger partial charge in [-0.05, 0) is 25.3 Å². The number of amides is 2. The first-order valence-electron chi connectivity index (χ1n) is 13.2. The second-order valence-electron chi connectivity index (χ2n) is 9.82. The fraction of sp³-hybridized carbons (Fsp3) is 0.593. The summed E-state index contributed by atoms with van der Waals surface area (Å²) in [6, 6.07) is 10.2. The third-order valence-corrected chi connectivity index (χ3v) is 7.58. The molecule has 3 aliphatic heterocycles. The summed E-state index contributed by atoms with van der Waals surface area (Å²) in [6.45, 7) is 8.94. The van der Waals surface area contributed by atoms with Crippen LogP contribution in [0.3, 0.4) is 0 Å². The number of rotatable bonds is 7. The highest BCUT2D eigenvalue weighted by atomic mass is 16.5. The Labute approximate surface area is 212 Å². The zero-order valence-electron chi connectivity index (χ0n) is 21.2. The summed E-state index contributed by atoms with van der Waals surface area (Å²) in [7, 11) is 0. The summed E-state index contributed by atoms with van der Waals surface area (Å²) in [5, 5.41) is 4.85. The summed E-state index contributed by atoms with van der Waals surface area (Å²) in [5.41, 5.74) is 3.82. The van der Waals surface area contributed by atoms with E-state index in [1.807, 2.05) is 27.5 Å². The molecule has 9 nitrogen and oxygen atoms in total. The minimum absolute atomic E-state index is 0.0492. The second kappa shape index (κ2) is 11.5. The van der Waals surface area contributed by atoms with Crippen LogP contribution in [0.1, 0.15) is 40.7 Å². The largest absolute Gasteiger partial charge is 0.379 e. The molecule has 0 bridgehead atoms. The lowest BCUT2D eigenvalue weighted by Gasteiger charge is -2.36. The van der Waals surface area contributed by atoms with Gasteiger partial charge in [-0.3, -0.25) is 19.2 Å². The molecule has 0 unspecified atom stereocenters. The topological polar surface area (TPSA) is 80.1 Å². The molecule has 194 valence electrons. The summed E-state index contributed by atoms with van der Waals surface area (Å²) in [6.07, 6.45) is 2.62. The van der Waals surface area contributed by atoms with Crippen molar-refractivity contribution < 1.29 is 19.1 Å². The Morgan fingerprint density at radius 3 is 2.36 bits per heavy atom. The lowest BCUT2D eigenvalue weighted by molar-refractivity contribution is -0.139. The van der Waals surface area contributed by atoms with Crippen molar-refractivity contribution in [2.45, 2.75) is 45.3 Å². The first kappa shape index (κ1) is 24.9. The van der Waals surface area contributed by atoms with Gasteiger partial charge in [-0.25, -0.2) is 0 Å². The molecule has 5 rings (SSSR count). The van der Waals surface area contributed by atoms with Crippen molar-refractivity contribution in [2.24, 2.45) is 0 Å². The molecule has 1 aromatic carbocycles. The number of ether oxygens (including phenoxy) is 2. The van der Waals surface area contributed by atoms with Gasteiger partial charge in [0.1, 0.15) is 0 Å². The number of morpholine rings is 2. The highest BCUT2D eigenvalue weighted by Crippen LogP contribution is 2.26. The number of hydrogen-bond donors (Lipinski definition) is 0. The molecule has 0 spiro atoms. The zero-order valence-corrected chi connectivity index (χ0v) is 21.2. The van der Waals surface area contributed by atoms with Gasteiger partial charge in [0.2, 0.25) is 5.91 Å². The molecule has 2 fully saturated rings. The molecule has 0 radical (unpaired) electrons. The lowest BCUT2D eigenvalue weighted by atomic mass is 10.0. The number of carbonyl (C=O) groups is 2. The van der Waals surface area contributed by atoms with Crippen LogP contribution in [-0.2, 0) is 40.2 Å². The smallest absolute Gasteiger partial charge is 0.274 e. The molecule has 2 amide bonds. The number of fused-ring (bicyclic) bond motifs is 1. The number of nitrogens with zero attached hydrogens (tertiary/aromatic N) is 5. The molecule has 1 atom stereocenters. The van der Waals surface area contributed by atoms with Gasteiger partial charge < -0.3 is 19.3 Å². The molecular formula is C27H37N5O4. The van der Waals surface area contributed by atoms with Gasteiger partial charge >= 0.3 is 0 Å². The average Bonchev–Trinajstić information content (AvgIpc) is 3.31. The van der Waals surface area contributed by atoms with Crippen LogP contribution in [0.4, 0.5) is 0 Å². The van der Waals surface area contributed by atoms with Crippen LogP contribution in [0.15, 0.2) is 30.3 Å². The third kappa shape index (κ3) is 5.48. The van der Waals surface area contributed by atoms with E-state index in [1.165, 1.54) is 5.56 Å². The third-order valence-electron chi connectivity index (χ3n) is 7.58. The second-order valence-corrected chi connectivity index (χ2v) is 9.82. The molecule has 36 heavy (non-hydrogen) atoms. The maximum absolute atomic E-state index is 13.5. The van der Waals surface area contributed by atoms with Crippen LogP contribution >= 0.6 is 0 Å². The van der Waals surface area contributed by atoms with Gasteiger partial charge in [0, 0.05) is 63.5 Å². The Hall–Kier alpha value is -2.75. The van der Waals surface area contributed by atoms with E-state index in [0.717, 1.165) is 43.7 Å². The monoisotopic (exact) mass is 495 g/mol. The van der Waals surface area contributed by atoms with E-state index >= 15 is 0 Å². The summed E-state index contributed by atoms with van der Waals surface area (Å²) in [4.78, 5) is 32.9. The van der Waals surface area contributed by atoms with Gasteiger partial charge in [-0.15, -0.1) is 0 Å². The fourth-order valence-corrected chi connectivity index (χ4v) is 5.41. The van der Waals surface area contributed by atoms with Crippen molar-refractivity contribution in [2.75, 3.05) is 59.2 Å². The van der Waals surface area contributed by atoms with E-state index in [2.05, 4.69) is 29.2 Å². The van der Waals surface area contributed by atoms with E-state index < -0.39 is 0 Å². The van der Waals surface area contributed by atoms with Gasteiger partial charge in [0.15, 0.2) is 5.69 Å². The van der Waals surface area contributed by atoms with Crippen LogP contribution in [0.25, 0.3) is 0 Å². The van der Waals surface area contributed by atoms with Crippen LogP contribution in [-0.4, -0.2) is 101 Å². The molecule has 2 aromatic rings. The van der Waals surface area contributed by atoms with E-state index in [4.69, 9.17) is 14.6 Å². The van der Waals surface area contributed by atoms with Crippen molar-refractivity contribution in [3.63, 3.8) is 0 Å². The van der Waals surface area contributed by atoms with Gasteiger partial charge in [-0.1, -0.05) is 30.3 Å². The van der Waals surface area contributed by atoms with Crippen LogP contribution in [0.2, 0.25) is 0 Å². The van der Waals surface area contributed by atoms with Crippen molar-refractivity contribution in [1.29, 1.82) is 0 Å². The Morgan fingerprint density at radius 2 is 1.64 bits per heavy atom. The average molecular weight is 496 g/mol. The maximum atomic E-state index is 13.5. The molecule has 9 heteroatoms. The van der Waals surface area contributed by atoms with Crippen molar-refractivity contribution in [3.05, 3.63) is 52.8 Å². The highest BCUT2D eigenvalue weighted by Gasteiger charge is 2.35. The quantitative estimate of drug-likeness (QED) is 0.581. The standard InChI is InChI=1S/C27H37N5O4/c1-21(29-12-16-35-17-13-29)26(33)31-11-9-24-23(20-31)25(27(34)30-14-18-36-19-15-30)28-32(24)10-5-8-22-6-3-2-4-7-22/h2-4,6-7,21H,5,8-20H2,1H3/t21-/m1/s1. The molecule has 0 saturated carbocycles. The maximum Gasteiger partial charge on any atom is 0.274 e.